The van der Waals surface area contributed by atoms with E-state index in [4.69, 9.17) is 28.2 Å². The lowest BCUT2D eigenvalue weighted by Crippen LogP contribution is -2.27. The molecule has 4 saturated carbocycles. The number of carbonyl (C=O) groups excluding carboxylic acids is 4. The summed E-state index contributed by atoms with van der Waals surface area (Å²) in [7, 11) is 2.76. The van der Waals surface area contributed by atoms with Crippen molar-refractivity contribution >= 4 is 35.6 Å². The van der Waals surface area contributed by atoms with Gasteiger partial charge < -0.3 is 38.3 Å². The van der Waals surface area contributed by atoms with E-state index in [-0.39, 0.29) is 78.0 Å². The van der Waals surface area contributed by atoms with Gasteiger partial charge in [-0.2, -0.15) is 18.3 Å². The van der Waals surface area contributed by atoms with Gasteiger partial charge in [-0.15, -0.1) is 30.6 Å². The minimum absolute atomic E-state index is 0.00514. The van der Waals surface area contributed by atoms with E-state index in [9.17, 15) is 41.9 Å². The molecule has 8 atom stereocenters. The monoisotopic (exact) mass is 1240 g/mol. The van der Waals surface area contributed by atoms with E-state index < -0.39 is 35.3 Å². The number of hydrogen-bond donors (Lipinski definition) is 3. The Kier molecular flexibility index (Phi) is 21.9. The molecular formula is C65H68F3N9O13. The molecule has 1 amide bonds. The average molecular weight is 1240 g/mol. The lowest BCUT2D eigenvalue weighted by molar-refractivity contribution is -0.146. The number of ether oxygens (including phenoxy) is 2. The van der Waals surface area contributed by atoms with Gasteiger partial charge >= 0.3 is 30.1 Å². The SMILES string of the molecule is COC(=O)C1CCC(c2nnc(-c3ccccc3)o2)C1.COC(=O)[C@@H]1CC[C@H](C(=O)O)C1.O=C(NCCCC(=O)C1CCC(c2nnc(-c3ccccc3)o2)C1)c1cn(-c2ccccc2)nc1C(F)(F)F.O=C(O)C1CCC(c2nnc(-c3ccccc3)o2)C1. The van der Waals surface area contributed by atoms with Gasteiger partial charge in [0.1, 0.15) is 5.78 Å². The van der Waals surface area contributed by atoms with E-state index in [2.05, 4.69) is 45.7 Å². The summed E-state index contributed by atoms with van der Waals surface area (Å²) in [5.41, 5.74) is 1.21. The first kappa shape index (κ1) is 64.8. The molecule has 6 unspecified atom stereocenters. The number of hydrogen-bond acceptors (Lipinski definition) is 18. The topological polar surface area (TPSA) is 308 Å². The molecule has 4 aromatic carbocycles. The minimum Gasteiger partial charge on any atom is -0.481 e. The summed E-state index contributed by atoms with van der Waals surface area (Å²) in [6, 6.07) is 36.9. The van der Waals surface area contributed by atoms with Gasteiger partial charge in [-0.05, 0) is 132 Å². The van der Waals surface area contributed by atoms with Crippen LogP contribution in [0.25, 0.3) is 40.0 Å². The molecule has 4 aliphatic rings. The highest BCUT2D eigenvalue weighted by Crippen LogP contribution is 2.42. The molecule has 90 heavy (non-hydrogen) atoms. The minimum atomic E-state index is -4.79. The molecule has 0 radical (unpaired) electrons. The Morgan fingerprint density at radius 2 is 0.900 bits per heavy atom. The smallest absolute Gasteiger partial charge is 0.435 e. The summed E-state index contributed by atoms with van der Waals surface area (Å²) in [5.74, 6) is -0.410. The van der Waals surface area contributed by atoms with E-state index in [1.165, 1.54) is 14.2 Å². The Bertz CT molecular complexity index is 3670. The van der Waals surface area contributed by atoms with Crippen molar-refractivity contribution in [3.05, 3.63) is 156 Å². The second-order valence-corrected chi connectivity index (χ2v) is 22.5. The fraction of sp³-hybridized carbons (Fsp3) is 0.400. The summed E-state index contributed by atoms with van der Waals surface area (Å²) < 4.78 is 68.2. The Balaban J connectivity index is 0.000000157. The van der Waals surface area contributed by atoms with Crippen LogP contribution in [-0.2, 0) is 39.6 Å². The number of benzene rings is 4. The van der Waals surface area contributed by atoms with Crippen molar-refractivity contribution in [2.24, 2.45) is 29.6 Å². The number of carboxylic acid groups (broad SMARTS) is 2. The third-order valence-electron chi connectivity index (χ3n) is 16.5. The highest BCUT2D eigenvalue weighted by atomic mass is 19.4. The fourth-order valence-electron chi connectivity index (χ4n) is 11.6. The van der Waals surface area contributed by atoms with Crippen LogP contribution < -0.4 is 5.32 Å². The first-order valence-electron chi connectivity index (χ1n) is 29.8. The number of aliphatic carboxylic acids is 2. The molecule has 12 rings (SSSR count). The Morgan fingerprint density at radius 1 is 0.522 bits per heavy atom. The van der Waals surface area contributed by atoms with Crippen molar-refractivity contribution in [2.75, 3.05) is 20.8 Å². The maximum Gasteiger partial charge on any atom is 0.435 e. The molecule has 4 fully saturated rings. The summed E-state index contributed by atoms with van der Waals surface area (Å²) in [4.78, 5) is 69.3. The first-order valence-corrected chi connectivity index (χ1v) is 29.8. The van der Waals surface area contributed by atoms with Gasteiger partial charge in [0.25, 0.3) is 5.91 Å². The zero-order valence-electron chi connectivity index (χ0n) is 49.4. The van der Waals surface area contributed by atoms with Gasteiger partial charge in [0, 0.05) is 59.5 Å². The fourth-order valence-corrected chi connectivity index (χ4v) is 11.6. The zero-order valence-corrected chi connectivity index (χ0v) is 49.4. The highest BCUT2D eigenvalue weighted by Gasteiger charge is 2.41. The van der Waals surface area contributed by atoms with Gasteiger partial charge in [-0.1, -0.05) is 72.8 Å². The highest BCUT2D eigenvalue weighted by molar-refractivity contribution is 5.95. The van der Waals surface area contributed by atoms with E-state index in [0.717, 1.165) is 59.7 Å². The maximum atomic E-state index is 13.5. The number of halogens is 3. The van der Waals surface area contributed by atoms with Gasteiger partial charge in [0.15, 0.2) is 5.69 Å². The van der Waals surface area contributed by atoms with Crippen molar-refractivity contribution in [2.45, 2.75) is 114 Å². The van der Waals surface area contributed by atoms with Crippen molar-refractivity contribution in [1.29, 1.82) is 0 Å². The molecule has 4 heterocycles. The third kappa shape index (κ3) is 16.9. The number of Topliss-reactive ketones (excluding diaryl/α,β-unsaturated/α-hetero) is 1. The first-order chi connectivity index (χ1) is 43.5. The van der Waals surface area contributed by atoms with Crippen molar-refractivity contribution in [1.82, 2.24) is 45.7 Å². The molecule has 0 saturated heterocycles. The Labute approximate surface area is 515 Å². The van der Waals surface area contributed by atoms with Crippen molar-refractivity contribution in [3.8, 4) is 40.0 Å². The number of esters is 2. The number of ketones is 1. The maximum absolute atomic E-state index is 13.5. The largest absolute Gasteiger partial charge is 0.481 e. The molecule has 3 N–H and O–H groups in total. The summed E-state index contributed by atoms with van der Waals surface area (Å²) in [5, 5.41) is 48.3. The quantitative estimate of drug-likeness (QED) is 0.0563. The Hall–Kier alpha value is -9.68. The molecule has 4 aromatic heterocycles. The molecule has 4 aliphatic carbocycles. The van der Waals surface area contributed by atoms with Crippen LogP contribution in [0.5, 0.6) is 0 Å². The van der Waals surface area contributed by atoms with Crippen molar-refractivity contribution in [3.63, 3.8) is 0 Å². The standard InChI is InChI=1S/C28H26F3N5O3.C15H16N2O3.C14H14N2O3.C8H12O4/c29-28(30,31)24-22(17-36(35-24)21-10-5-2-6-11-21)25(38)32-15-7-12-23(37)19-13-14-20(16-19)27-34-33-26(39-27)18-8-3-1-4-9-18;1-19-15(18)12-8-7-11(9-12)14-17-16-13(20-14)10-5-3-2-4-6-10;17-14(18)11-7-6-10(8-11)13-16-15-12(19-13)9-4-2-1-3-5-9;1-12-8(11)6-3-2-5(4-6)7(9)10/h1-6,8-11,17,19-20H,7,12-16H2,(H,32,38);2-6,11-12H,7-9H2,1H3;1-5,10-11H,6-8H2,(H,17,18);5-6H,2-4H2,1H3,(H,9,10)/t;;;5-,6+/m...0/s1. The van der Waals surface area contributed by atoms with E-state index in [1.807, 2.05) is 91.0 Å². The summed E-state index contributed by atoms with van der Waals surface area (Å²) >= 11 is 0. The molecule has 0 bridgehead atoms. The van der Waals surface area contributed by atoms with Gasteiger partial charge in [0.2, 0.25) is 35.3 Å². The van der Waals surface area contributed by atoms with Crippen LogP contribution >= 0.6 is 0 Å². The van der Waals surface area contributed by atoms with Crippen LogP contribution in [0, 0.1) is 29.6 Å². The van der Waals surface area contributed by atoms with Gasteiger partial charge in [-0.3, -0.25) is 28.8 Å². The molecule has 0 spiro atoms. The number of alkyl halides is 3. The summed E-state index contributed by atoms with van der Waals surface area (Å²) in [6.07, 6.45) is 5.05. The van der Waals surface area contributed by atoms with Crippen LogP contribution in [0.3, 0.4) is 0 Å². The predicted molar refractivity (Wildman–Crippen MR) is 315 cm³/mol. The van der Waals surface area contributed by atoms with Crippen LogP contribution in [-0.4, -0.2) is 107 Å². The van der Waals surface area contributed by atoms with E-state index >= 15 is 0 Å². The van der Waals surface area contributed by atoms with Crippen LogP contribution in [0.4, 0.5) is 13.2 Å². The van der Waals surface area contributed by atoms with Gasteiger partial charge in [0.05, 0.1) is 49.1 Å². The predicted octanol–water partition coefficient (Wildman–Crippen LogP) is 11.8. The second-order valence-electron chi connectivity index (χ2n) is 22.5. The second kappa shape index (κ2) is 30.5. The molecule has 8 aromatic rings. The molecular weight excluding hydrogens is 1170 g/mol. The molecule has 22 nitrogen and oxygen atoms in total. The summed E-state index contributed by atoms with van der Waals surface area (Å²) in [6.45, 7) is 0.0681. The number of rotatable bonds is 17. The lowest BCUT2D eigenvalue weighted by Gasteiger charge is -2.10. The number of nitrogens with one attached hydrogen (secondary N) is 1. The number of para-hydroxylation sites is 1. The van der Waals surface area contributed by atoms with Crippen LogP contribution in [0.15, 0.2) is 141 Å². The number of nitrogens with zero attached hydrogens (tertiary/aromatic N) is 8. The molecule has 25 heteroatoms. The number of carboxylic acids is 2. The lowest BCUT2D eigenvalue weighted by atomic mass is 9.97. The van der Waals surface area contributed by atoms with Crippen LogP contribution in [0.2, 0.25) is 0 Å². The van der Waals surface area contributed by atoms with E-state index in [0.29, 0.717) is 92.4 Å². The Morgan fingerprint density at radius 3 is 1.32 bits per heavy atom. The molecule has 0 aliphatic heterocycles. The van der Waals surface area contributed by atoms with Gasteiger partial charge in [-0.25, -0.2) is 4.68 Å². The van der Waals surface area contributed by atoms with E-state index in [1.54, 1.807) is 30.3 Å². The average Bonchev–Trinajstić information content (AvgIpc) is 2.11. The molecule has 472 valence electrons. The number of amides is 1. The number of carbonyl (C=O) groups is 6. The zero-order chi connectivity index (χ0) is 63.7. The number of methoxy groups -OCH3 is 2. The third-order valence-corrected chi connectivity index (χ3v) is 16.5. The van der Waals surface area contributed by atoms with Crippen molar-refractivity contribution < 1.29 is 74.9 Å². The van der Waals surface area contributed by atoms with Crippen LogP contribution in [0.1, 0.15) is 141 Å². The normalized spacial score (nSPS) is 20.9. The number of aromatic nitrogens is 8.